The summed E-state index contributed by atoms with van der Waals surface area (Å²) >= 11 is 5.62. The van der Waals surface area contributed by atoms with Crippen LogP contribution in [0, 0.1) is 6.92 Å². The molecule has 7 heteroatoms. The van der Waals surface area contributed by atoms with Gasteiger partial charge in [-0.3, -0.25) is 9.36 Å². The van der Waals surface area contributed by atoms with Crippen molar-refractivity contribution in [1.29, 1.82) is 0 Å². The van der Waals surface area contributed by atoms with E-state index in [0.29, 0.717) is 5.76 Å². The maximum absolute atomic E-state index is 12.2. The van der Waals surface area contributed by atoms with E-state index in [-0.39, 0.29) is 24.0 Å². The van der Waals surface area contributed by atoms with E-state index in [1.165, 1.54) is 6.07 Å². The molecule has 1 aromatic rings. The van der Waals surface area contributed by atoms with Gasteiger partial charge in [-0.15, -0.1) is 0 Å². The lowest BCUT2D eigenvalue weighted by molar-refractivity contribution is 0.0999. The Bertz CT molecular complexity index is 444. The molecule has 0 saturated carbocycles. The molecular formula is C10H14ClO5P. The minimum Gasteiger partial charge on any atom is -0.449 e. The first-order valence-electron chi connectivity index (χ1n) is 5.14. The van der Waals surface area contributed by atoms with Crippen LogP contribution >= 0.6 is 19.2 Å². The molecule has 96 valence electrons. The maximum atomic E-state index is 12.2. The van der Waals surface area contributed by atoms with Crippen LogP contribution in [0.3, 0.4) is 0 Å². The molecule has 0 fully saturated rings. The van der Waals surface area contributed by atoms with Crippen molar-refractivity contribution in [3.8, 4) is 0 Å². The van der Waals surface area contributed by atoms with Gasteiger partial charge in [0, 0.05) is 6.07 Å². The number of rotatable bonds is 6. The Morgan fingerprint density at radius 1 is 1.41 bits per heavy atom. The largest absolute Gasteiger partial charge is 0.449 e. The fourth-order valence-electron chi connectivity index (χ4n) is 1.30. The Kier molecular flexibility index (Phi) is 4.95. The van der Waals surface area contributed by atoms with Gasteiger partial charge in [-0.2, -0.15) is 0 Å². The van der Waals surface area contributed by atoms with E-state index in [0.717, 1.165) is 0 Å². The van der Waals surface area contributed by atoms with Crippen LogP contribution in [-0.4, -0.2) is 18.7 Å². The van der Waals surface area contributed by atoms with Crippen molar-refractivity contribution in [2.75, 3.05) is 13.2 Å². The van der Waals surface area contributed by atoms with Crippen molar-refractivity contribution in [3.63, 3.8) is 0 Å². The molecule has 0 atom stereocenters. The summed E-state index contributed by atoms with van der Waals surface area (Å²) in [6.45, 7) is 5.06. The second-order valence-electron chi connectivity index (χ2n) is 3.16. The van der Waals surface area contributed by atoms with Gasteiger partial charge in [0.2, 0.25) is 0 Å². The third kappa shape index (κ3) is 3.19. The molecule has 0 aliphatic rings. The minimum atomic E-state index is -3.80. The molecule has 0 aromatic carbocycles. The number of carbonyl (C=O) groups excluding carboxylic acids is 1. The number of halogens is 1. The van der Waals surface area contributed by atoms with E-state index in [1.807, 2.05) is 0 Å². The lowest BCUT2D eigenvalue weighted by Gasteiger charge is -2.14. The zero-order valence-corrected chi connectivity index (χ0v) is 11.5. The van der Waals surface area contributed by atoms with Crippen LogP contribution < -0.4 is 0 Å². The van der Waals surface area contributed by atoms with Crippen LogP contribution in [0.2, 0.25) is 5.22 Å². The number of hydrogen-bond acceptors (Lipinski definition) is 5. The van der Waals surface area contributed by atoms with Crippen LogP contribution in [0.25, 0.3) is 0 Å². The molecule has 1 heterocycles. The highest BCUT2D eigenvalue weighted by molar-refractivity contribution is 7.72. The molecule has 0 saturated heterocycles. The van der Waals surface area contributed by atoms with Gasteiger partial charge < -0.3 is 13.5 Å². The summed E-state index contributed by atoms with van der Waals surface area (Å²) < 4.78 is 27.1. The van der Waals surface area contributed by atoms with Gasteiger partial charge in [0.25, 0.3) is 5.52 Å². The van der Waals surface area contributed by atoms with Crippen LogP contribution in [-0.2, 0) is 13.6 Å². The number of carbonyl (C=O) groups is 1. The lowest BCUT2D eigenvalue weighted by Crippen LogP contribution is -2.07. The molecule has 0 aliphatic heterocycles. The SMILES string of the molecule is CCOP(=O)(OCC)C(=O)c1cc(Cl)oc1C. The molecule has 0 N–H and O–H groups in total. The van der Waals surface area contributed by atoms with Gasteiger partial charge in [-0.1, -0.05) is 0 Å². The van der Waals surface area contributed by atoms with E-state index < -0.39 is 13.1 Å². The molecule has 0 spiro atoms. The number of aryl methyl sites for hydroxylation is 1. The zero-order chi connectivity index (χ0) is 13.1. The predicted molar refractivity (Wildman–Crippen MR) is 63.6 cm³/mol. The van der Waals surface area contributed by atoms with Crippen molar-refractivity contribution >= 4 is 24.7 Å². The standard InChI is InChI=1S/C10H14ClO5P/c1-4-14-17(13,15-5-2)10(12)8-6-9(11)16-7(8)3/h6H,4-5H2,1-3H3. The van der Waals surface area contributed by atoms with Gasteiger partial charge in [0.1, 0.15) is 5.76 Å². The summed E-state index contributed by atoms with van der Waals surface area (Å²) in [4.78, 5) is 12.0. The highest BCUT2D eigenvalue weighted by Crippen LogP contribution is 2.51. The number of hydrogen-bond donors (Lipinski definition) is 0. The molecule has 0 radical (unpaired) electrons. The predicted octanol–water partition coefficient (Wildman–Crippen LogP) is 3.65. The van der Waals surface area contributed by atoms with Crippen molar-refractivity contribution in [2.24, 2.45) is 0 Å². The monoisotopic (exact) mass is 280 g/mol. The first-order valence-corrected chi connectivity index (χ1v) is 7.06. The summed E-state index contributed by atoms with van der Waals surface area (Å²) in [5, 5.41) is 0.0606. The van der Waals surface area contributed by atoms with E-state index in [9.17, 15) is 9.36 Å². The molecular weight excluding hydrogens is 267 g/mol. The van der Waals surface area contributed by atoms with Crippen molar-refractivity contribution in [3.05, 3.63) is 22.6 Å². The summed E-state index contributed by atoms with van der Waals surface area (Å²) in [5.41, 5.74) is -0.602. The average molecular weight is 281 g/mol. The highest BCUT2D eigenvalue weighted by atomic mass is 35.5. The lowest BCUT2D eigenvalue weighted by atomic mass is 10.3. The summed E-state index contributed by atoms with van der Waals surface area (Å²) in [5.74, 6) is 0.291. The van der Waals surface area contributed by atoms with Crippen LogP contribution in [0.5, 0.6) is 0 Å². The van der Waals surface area contributed by atoms with E-state index in [1.54, 1.807) is 20.8 Å². The molecule has 0 unspecified atom stereocenters. The van der Waals surface area contributed by atoms with Gasteiger partial charge >= 0.3 is 7.60 Å². The summed E-state index contributed by atoms with van der Waals surface area (Å²) in [6.07, 6.45) is 0. The van der Waals surface area contributed by atoms with Gasteiger partial charge in [0.15, 0.2) is 5.22 Å². The third-order valence-electron chi connectivity index (χ3n) is 1.96. The quantitative estimate of drug-likeness (QED) is 0.744. The minimum absolute atomic E-state index is 0.0606. The van der Waals surface area contributed by atoms with Crippen molar-refractivity contribution in [2.45, 2.75) is 20.8 Å². The zero-order valence-electron chi connectivity index (χ0n) is 9.86. The molecule has 17 heavy (non-hydrogen) atoms. The molecule has 0 amide bonds. The summed E-state index contributed by atoms with van der Waals surface area (Å²) in [6, 6.07) is 1.31. The first kappa shape index (κ1) is 14.5. The Balaban J connectivity index is 3.08. The van der Waals surface area contributed by atoms with Crippen LogP contribution in [0.1, 0.15) is 30.0 Å². The normalized spacial score (nSPS) is 11.8. The van der Waals surface area contributed by atoms with Crippen molar-refractivity contribution < 1.29 is 22.8 Å². The summed E-state index contributed by atoms with van der Waals surface area (Å²) in [7, 11) is -3.80. The molecule has 0 aliphatic carbocycles. The Morgan fingerprint density at radius 3 is 2.29 bits per heavy atom. The average Bonchev–Trinajstić information content (AvgIpc) is 2.57. The van der Waals surface area contributed by atoms with Crippen LogP contribution in [0.4, 0.5) is 0 Å². The van der Waals surface area contributed by atoms with Gasteiger partial charge in [-0.25, -0.2) is 0 Å². The smallest absolute Gasteiger partial charge is 0.401 e. The fraction of sp³-hybridized carbons (Fsp3) is 0.500. The number of furan rings is 1. The third-order valence-corrected chi connectivity index (χ3v) is 4.09. The molecule has 5 nitrogen and oxygen atoms in total. The maximum Gasteiger partial charge on any atom is 0.401 e. The first-order chi connectivity index (χ1) is 7.94. The second-order valence-corrected chi connectivity index (χ2v) is 5.45. The molecule has 0 bridgehead atoms. The Hall–Kier alpha value is -0.610. The van der Waals surface area contributed by atoms with Gasteiger partial charge in [-0.05, 0) is 32.4 Å². The van der Waals surface area contributed by atoms with E-state index in [4.69, 9.17) is 25.1 Å². The fourth-order valence-corrected chi connectivity index (χ4v) is 3.03. The highest BCUT2D eigenvalue weighted by Gasteiger charge is 2.37. The van der Waals surface area contributed by atoms with Crippen LogP contribution in [0.15, 0.2) is 10.5 Å². The van der Waals surface area contributed by atoms with E-state index >= 15 is 0 Å². The molecule has 1 rings (SSSR count). The van der Waals surface area contributed by atoms with Crippen molar-refractivity contribution in [1.82, 2.24) is 0 Å². The molecule has 1 aromatic heterocycles. The van der Waals surface area contributed by atoms with E-state index in [2.05, 4.69) is 0 Å². The second kappa shape index (κ2) is 5.83. The van der Waals surface area contributed by atoms with Gasteiger partial charge in [0.05, 0.1) is 18.8 Å². The Labute approximate surface area is 105 Å². The Morgan fingerprint density at radius 2 is 1.94 bits per heavy atom. The topological polar surface area (TPSA) is 65.7 Å².